The summed E-state index contributed by atoms with van der Waals surface area (Å²) >= 11 is 0. The van der Waals surface area contributed by atoms with E-state index in [1.807, 2.05) is 0 Å². The number of anilines is 1. The molecule has 1 nitrogen and oxygen atoms in total. The molecule has 1 atom stereocenters. The van der Waals surface area contributed by atoms with Crippen LogP contribution in [-0.4, -0.2) is 13.1 Å². The molecule has 0 radical (unpaired) electrons. The minimum absolute atomic E-state index is 0.527. The van der Waals surface area contributed by atoms with Gasteiger partial charge in [0, 0.05) is 18.8 Å². The molecule has 0 aromatic heterocycles. The molecule has 0 saturated heterocycles. The van der Waals surface area contributed by atoms with Gasteiger partial charge in [-0.15, -0.1) is 0 Å². The first-order valence-corrected chi connectivity index (χ1v) is 5.70. The average molecular weight is 201 g/mol. The summed E-state index contributed by atoms with van der Waals surface area (Å²) in [7, 11) is 2.19. The largest absolute Gasteiger partial charge is 0.368 e. The second-order valence-electron chi connectivity index (χ2n) is 4.28. The Morgan fingerprint density at radius 3 is 2.73 bits per heavy atom. The van der Waals surface area contributed by atoms with Crippen molar-refractivity contribution >= 4 is 5.69 Å². The van der Waals surface area contributed by atoms with E-state index < -0.39 is 0 Å². The highest BCUT2D eigenvalue weighted by Gasteiger charge is 2.20. The van der Waals surface area contributed by atoms with E-state index in [4.69, 9.17) is 0 Å². The zero-order chi connectivity index (χ0) is 10.8. The van der Waals surface area contributed by atoms with Crippen LogP contribution in [0.2, 0.25) is 0 Å². The molecule has 0 aliphatic carbocycles. The van der Waals surface area contributed by atoms with Gasteiger partial charge in [-0.1, -0.05) is 29.8 Å². The average Bonchev–Trinajstić information content (AvgIpc) is 2.39. The van der Waals surface area contributed by atoms with Crippen LogP contribution < -0.4 is 4.90 Å². The van der Waals surface area contributed by atoms with E-state index in [9.17, 15) is 0 Å². The molecule has 1 aliphatic rings. The summed E-state index contributed by atoms with van der Waals surface area (Å²) < 4.78 is 0. The van der Waals surface area contributed by atoms with Gasteiger partial charge < -0.3 is 4.90 Å². The number of para-hydroxylation sites is 1. The Kier molecular flexibility index (Phi) is 2.81. The van der Waals surface area contributed by atoms with Crippen LogP contribution in [-0.2, 0) is 6.42 Å². The minimum Gasteiger partial charge on any atom is -0.368 e. The quantitative estimate of drug-likeness (QED) is 0.581. The highest BCUT2D eigenvalue weighted by atomic mass is 15.1. The first-order chi connectivity index (χ1) is 7.24. The first-order valence-electron chi connectivity index (χ1n) is 5.70. The predicted molar refractivity (Wildman–Crippen MR) is 66.4 cm³/mol. The van der Waals surface area contributed by atoms with Gasteiger partial charge >= 0.3 is 0 Å². The lowest BCUT2D eigenvalue weighted by molar-refractivity contribution is 0.753. The van der Waals surface area contributed by atoms with Crippen LogP contribution in [0.25, 0.3) is 0 Å². The van der Waals surface area contributed by atoms with E-state index in [0.29, 0.717) is 6.04 Å². The van der Waals surface area contributed by atoms with Crippen molar-refractivity contribution < 1.29 is 0 Å². The number of benzene rings is 1. The van der Waals surface area contributed by atoms with Crippen molar-refractivity contribution in [3.63, 3.8) is 0 Å². The Hall–Kier alpha value is -1.24. The first kappa shape index (κ1) is 10.3. The van der Waals surface area contributed by atoms with Crippen LogP contribution in [0.4, 0.5) is 5.69 Å². The summed E-state index contributed by atoms with van der Waals surface area (Å²) in [6.07, 6.45) is 4.64. The highest BCUT2D eigenvalue weighted by molar-refractivity contribution is 5.56. The minimum atomic E-state index is 0.527. The van der Waals surface area contributed by atoms with Gasteiger partial charge in [0.05, 0.1) is 0 Å². The highest BCUT2D eigenvalue weighted by Crippen LogP contribution is 2.30. The van der Waals surface area contributed by atoms with Crippen molar-refractivity contribution in [3.8, 4) is 0 Å². The second kappa shape index (κ2) is 4.09. The van der Waals surface area contributed by atoms with Gasteiger partial charge in [-0.05, 0) is 38.3 Å². The molecular weight excluding hydrogens is 182 g/mol. The van der Waals surface area contributed by atoms with Crippen LogP contribution in [0.5, 0.6) is 0 Å². The third-order valence-corrected chi connectivity index (χ3v) is 3.54. The lowest BCUT2D eigenvalue weighted by Crippen LogP contribution is -2.29. The van der Waals surface area contributed by atoms with Gasteiger partial charge in [0.1, 0.15) is 0 Å². The lowest BCUT2D eigenvalue weighted by Gasteiger charge is -2.27. The Morgan fingerprint density at radius 1 is 1.27 bits per heavy atom. The Morgan fingerprint density at radius 2 is 2.00 bits per heavy atom. The van der Waals surface area contributed by atoms with E-state index in [-0.39, 0.29) is 0 Å². The summed E-state index contributed by atoms with van der Waals surface area (Å²) in [5.74, 6) is 0. The molecule has 0 fully saturated rings. The molecule has 15 heavy (non-hydrogen) atoms. The van der Waals surface area contributed by atoms with Crippen molar-refractivity contribution in [2.75, 3.05) is 11.9 Å². The zero-order valence-electron chi connectivity index (χ0n) is 9.83. The van der Waals surface area contributed by atoms with E-state index in [0.717, 1.165) is 0 Å². The summed E-state index contributed by atoms with van der Waals surface area (Å²) in [6, 6.07) is 9.26. The van der Waals surface area contributed by atoms with Crippen molar-refractivity contribution in [2.45, 2.75) is 32.7 Å². The fourth-order valence-corrected chi connectivity index (χ4v) is 2.40. The number of allylic oxidation sites excluding steroid dienone is 1. The summed E-state index contributed by atoms with van der Waals surface area (Å²) in [4.78, 5) is 2.39. The summed E-state index contributed by atoms with van der Waals surface area (Å²) in [6.45, 7) is 4.44. The molecule has 0 amide bonds. The standard InChI is InChI=1S/C14H19N/c1-4-12-9-10-13-7-5-6-8-14(13)15(3)11(12)2/h4-8,11H,9-10H2,1-3H3/b12-4-. The lowest BCUT2D eigenvalue weighted by atomic mass is 10.0. The monoisotopic (exact) mass is 201 g/mol. The summed E-state index contributed by atoms with van der Waals surface area (Å²) in [5, 5.41) is 0. The molecule has 1 aromatic carbocycles. The van der Waals surface area contributed by atoms with Crippen LogP contribution in [0.15, 0.2) is 35.9 Å². The number of aryl methyl sites for hydroxylation is 1. The Balaban J connectivity index is 2.43. The van der Waals surface area contributed by atoms with E-state index >= 15 is 0 Å². The van der Waals surface area contributed by atoms with Crippen LogP contribution in [0, 0.1) is 0 Å². The molecule has 1 heterocycles. The van der Waals surface area contributed by atoms with Crippen LogP contribution in [0.3, 0.4) is 0 Å². The predicted octanol–water partition coefficient (Wildman–Crippen LogP) is 3.40. The molecule has 2 rings (SSSR count). The van der Waals surface area contributed by atoms with E-state index in [1.165, 1.54) is 24.1 Å². The topological polar surface area (TPSA) is 3.24 Å². The molecule has 80 valence electrons. The number of hydrogen-bond donors (Lipinski definition) is 0. The third kappa shape index (κ3) is 1.79. The van der Waals surface area contributed by atoms with Gasteiger partial charge in [0.25, 0.3) is 0 Å². The van der Waals surface area contributed by atoms with Crippen molar-refractivity contribution in [1.29, 1.82) is 0 Å². The number of hydrogen-bond acceptors (Lipinski definition) is 1. The fourth-order valence-electron chi connectivity index (χ4n) is 2.40. The normalized spacial score (nSPS) is 23.8. The van der Waals surface area contributed by atoms with E-state index in [2.05, 4.69) is 56.1 Å². The Labute approximate surface area is 92.4 Å². The number of rotatable bonds is 0. The summed E-state index contributed by atoms with van der Waals surface area (Å²) in [5.41, 5.74) is 4.42. The van der Waals surface area contributed by atoms with Crippen molar-refractivity contribution in [3.05, 3.63) is 41.5 Å². The molecule has 1 heteroatoms. The number of likely N-dealkylation sites (N-methyl/N-ethyl adjacent to an activating group) is 1. The number of nitrogens with zero attached hydrogens (tertiary/aromatic N) is 1. The van der Waals surface area contributed by atoms with Crippen molar-refractivity contribution in [1.82, 2.24) is 0 Å². The molecule has 1 unspecified atom stereocenters. The van der Waals surface area contributed by atoms with Gasteiger partial charge in [-0.25, -0.2) is 0 Å². The maximum Gasteiger partial charge on any atom is 0.0470 e. The third-order valence-electron chi connectivity index (χ3n) is 3.54. The molecular formula is C14H19N. The second-order valence-corrected chi connectivity index (χ2v) is 4.28. The zero-order valence-corrected chi connectivity index (χ0v) is 9.83. The molecule has 0 spiro atoms. The van der Waals surface area contributed by atoms with Gasteiger partial charge in [0.2, 0.25) is 0 Å². The van der Waals surface area contributed by atoms with Gasteiger partial charge in [0.15, 0.2) is 0 Å². The van der Waals surface area contributed by atoms with E-state index in [1.54, 1.807) is 5.57 Å². The van der Waals surface area contributed by atoms with Crippen molar-refractivity contribution in [2.24, 2.45) is 0 Å². The maximum absolute atomic E-state index is 2.39. The molecule has 0 bridgehead atoms. The number of fused-ring (bicyclic) bond motifs is 1. The van der Waals surface area contributed by atoms with Gasteiger partial charge in [-0.2, -0.15) is 0 Å². The smallest absolute Gasteiger partial charge is 0.0470 e. The SMILES string of the molecule is C/C=C1/CCc2ccccc2N(C)C1C. The molecule has 0 saturated carbocycles. The molecule has 0 N–H and O–H groups in total. The van der Waals surface area contributed by atoms with Crippen LogP contribution in [0.1, 0.15) is 25.8 Å². The maximum atomic E-state index is 2.39. The molecule has 1 aromatic rings. The van der Waals surface area contributed by atoms with Gasteiger partial charge in [-0.3, -0.25) is 0 Å². The molecule has 1 aliphatic heterocycles. The van der Waals surface area contributed by atoms with Crippen LogP contribution >= 0.6 is 0 Å². The Bertz CT molecular complexity index is 379. The fraction of sp³-hybridized carbons (Fsp3) is 0.429.